The molecule has 3 rings (SSSR count). The number of aryl methyl sites for hydroxylation is 2. The summed E-state index contributed by atoms with van der Waals surface area (Å²) in [6.07, 6.45) is 0. The third kappa shape index (κ3) is 3.99. The molecule has 0 saturated carbocycles. The molecule has 0 amide bonds. The zero-order chi connectivity index (χ0) is 19.6. The molecule has 9 heteroatoms. The Morgan fingerprint density at radius 2 is 1.93 bits per heavy atom. The van der Waals surface area contributed by atoms with E-state index in [9.17, 15) is 12.8 Å². The summed E-state index contributed by atoms with van der Waals surface area (Å²) < 4.78 is 52.7. The molecule has 1 N–H and O–H groups in total. The van der Waals surface area contributed by atoms with Crippen molar-refractivity contribution in [2.75, 3.05) is 7.11 Å². The lowest BCUT2D eigenvalue weighted by Gasteiger charge is -2.19. The fourth-order valence-corrected chi connectivity index (χ4v) is 3.87. The number of sulfonamides is 1. The van der Waals surface area contributed by atoms with E-state index in [1.165, 1.54) is 19.2 Å². The van der Waals surface area contributed by atoms with Crippen molar-refractivity contribution in [2.45, 2.75) is 24.8 Å². The van der Waals surface area contributed by atoms with Gasteiger partial charge in [0, 0.05) is 12.5 Å². The molecule has 142 valence electrons. The molecule has 0 aliphatic heterocycles. The van der Waals surface area contributed by atoms with Crippen molar-refractivity contribution in [3.05, 3.63) is 71.1 Å². The van der Waals surface area contributed by atoms with Gasteiger partial charge in [-0.1, -0.05) is 29.4 Å². The smallest absolute Gasteiger partial charge is 0.244 e. The molecule has 1 atom stereocenters. The van der Waals surface area contributed by atoms with Crippen molar-refractivity contribution in [3.8, 4) is 5.75 Å². The summed E-state index contributed by atoms with van der Waals surface area (Å²) in [7, 11) is -2.76. The molecule has 3 aromatic rings. The van der Waals surface area contributed by atoms with Crippen molar-refractivity contribution >= 4 is 10.0 Å². The first-order valence-electron chi connectivity index (χ1n) is 8.03. The number of ether oxygens (including phenoxy) is 1. The maximum atomic E-state index is 14.3. The van der Waals surface area contributed by atoms with Crippen molar-refractivity contribution in [3.63, 3.8) is 0 Å². The molecule has 0 radical (unpaired) electrons. The highest BCUT2D eigenvalue weighted by atomic mass is 32.2. The van der Waals surface area contributed by atoms with Gasteiger partial charge in [0.15, 0.2) is 5.82 Å². The Morgan fingerprint density at radius 3 is 2.56 bits per heavy atom. The van der Waals surface area contributed by atoms with Crippen LogP contribution in [0.25, 0.3) is 0 Å². The van der Waals surface area contributed by atoms with Gasteiger partial charge in [-0.15, -0.1) is 0 Å². The first kappa shape index (κ1) is 19.0. The van der Waals surface area contributed by atoms with E-state index in [0.717, 1.165) is 6.07 Å². The largest absolute Gasteiger partial charge is 0.496 e. The quantitative estimate of drug-likeness (QED) is 0.694. The van der Waals surface area contributed by atoms with Crippen molar-refractivity contribution in [1.29, 1.82) is 0 Å². The van der Waals surface area contributed by atoms with Gasteiger partial charge in [0.05, 0.1) is 7.11 Å². The molecule has 1 heterocycles. The molecule has 1 unspecified atom stereocenters. The molecule has 0 aliphatic carbocycles. The third-order valence-electron chi connectivity index (χ3n) is 3.90. The van der Waals surface area contributed by atoms with E-state index in [0.29, 0.717) is 16.9 Å². The van der Waals surface area contributed by atoms with Crippen LogP contribution in [0.4, 0.5) is 4.39 Å². The Kier molecular flexibility index (Phi) is 5.24. The summed E-state index contributed by atoms with van der Waals surface area (Å²) in [5.74, 6) is -0.0543. The van der Waals surface area contributed by atoms with Gasteiger partial charge < -0.3 is 9.26 Å². The van der Waals surface area contributed by atoms with E-state index in [1.807, 2.05) is 0 Å². The molecular formula is C18H18FN3O4S. The van der Waals surface area contributed by atoms with Gasteiger partial charge >= 0.3 is 0 Å². The summed E-state index contributed by atoms with van der Waals surface area (Å²) in [5, 5.41) is 3.82. The van der Waals surface area contributed by atoms with Crippen LogP contribution in [0.1, 0.15) is 28.9 Å². The number of benzene rings is 2. The van der Waals surface area contributed by atoms with E-state index in [1.54, 1.807) is 38.1 Å². The van der Waals surface area contributed by atoms with Crippen LogP contribution >= 0.6 is 0 Å². The Bertz CT molecular complexity index is 1070. The van der Waals surface area contributed by atoms with Gasteiger partial charge in [-0.05, 0) is 30.7 Å². The number of rotatable bonds is 6. The number of para-hydroxylation sites is 1. The normalized spacial score (nSPS) is 12.7. The predicted molar refractivity (Wildman–Crippen MR) is 95.3 cm³/mol. The fourth-order valence-electron chi connectivity index (χ4n) is 2.63. The summed E-state index contributed by atoms with van der Waals surface area (Å²) in [6, 6.07) is 9.68. The van der Waals surface area contributed by atoms with Crippen LogP contribution in [0.3, 0.4) is 0 Å². The standard InChI is InChI=1S/C18H18FN3O4S/c1-11-8-9-16(14(19)10-11)27(23,24)22-17(18-20-12(2)26-21-18)13-6-4-5-7-15(13)25-3/h4-10,17,22H,1-3H3. The zero-order valence-corrected chi connectivity index (χ0v) is 15.7. The maximum Gasteiger partial charge on any atom is 0.244 e. The Labute approximate surface area is 156 Å². The second-order valence-electron chi connectivity index (χ2n) is 5.90. The number of hydrogen-bond donors (Lipinski definition) is 1. The first-order valence-corrected chi connectivity index (χ1v) is 9.52. The van der Waals surface area contributed by atoms with Crippen molar-refractivity contribution < 1.29 is 22.1 Å². The van der Waals surface area contributed by atoms with Gasteiger partial charge in [-0.25, -0.2) is 12.8 Å². The molecular weight excluding hydrogens is 373 g/mol. The molecule has 27 heavy (non-hydrogen) atoms. The summed E-state index contributed by atoms with van der Waals surface area (Å²) in [5.41, 5.74) is 1.08. The monoisotopic (exact) mass is 391 g/mol. The van der Waals surface area contributed by atoms with Gasteiger partial charge in [0.2, 0.25) is 15.9 Å². The lowest BCUT2D eigenvalue weighted by Crippen LogP contribution is -2.31. The molecule has 7 nitrogen and oxygen atoms in total. The molecule has 0 fully saturated rings. The van der Waals surface area contributed by atoms with Crippen LogP contribution < -0.4 is 9.46 Å². The zero-order valence-electron chi connectivity index (χ0n) is 14.9. The van der Waals surface area contributed by atoms with Gasteiger partial charge in [-0.3, -0.25) is 0 Å². The van der Waals surface area contributed by atoms with Crippen molar-refractivity contribution in [1.82, 2.24) is 14.9 Å². The number of methoxy groups -OCH3 is 1. The highest BCUT2D eigenvalue weighted by molar-refractivity contribution is 7.89. The third-order valence-corrected chi connectivity index (χ3v) is 5.36. The Balaban J connectivity index is 2.09. The minimum Gasteiger partial charge on any atom is -0.496 e. The van der Waals surface area contributed by atoms with Crippen LogP contribution in [0.15, 0.2) is 51.9 Å². The highest BCUT2D eigenvalue weighted by Crippen LogP contribution is 2.30. The van der Waals surface area contributed by atoms with E-state index in [2.05, 4.69) is 14.9 Å². The number of hydrogen-bond acceptors (Lipinski definition) is 6. The second kappa shape index (κ2) is 7.45. The SMILES string of the molecule is COc1ccccc1C(NS(=O)(=O)c1ccc(C)cc1F)c1noc(C)n1. The molecule has 2 aromatic carbocycles. The highest BCUT2D eigenvalue weighted by Gasteiger charge is 2.30. The Hall–Kier alpha value is -2.78. The summed E-state index contributed by atoms with van der Waals surface area (Å²) >= 11 is 0. The second-order valence-corrected chi connectivity index (χ2v) is 7.58. The minimum atomic E-state index is -4.22. The van der Waals surface area contributed by atoms with Crippen LogP contribution in [-0.2, 0) is 10.0 Å². The van der Waals surface area contributed by atoms with Gasteiger partial charge in [0.1, 0.15) is 22.5 Å². The fraction of sp³-hybridized carbons (Fsp3) is 0.222. The number of aromatic nitrogens is 2. The predicted octanol–water partition coefficient (Wildman–Crippen LogP) is 2.90. The van der Waals surface area contributed by atoms with Gasteiger partial charge in [0.25, 0.3) is 0 Å². The van der Waals surface area contributed by atoms with E-state index < -0.39 is 26.8 Å². The number of halogens is 1. The molecule has 0 aliphatic rings. The van der Waals surface area contributed by atoms with Gasteiger partial charge in [-0.2, -0.15) is 9.71 Å². The van der Waals surface area contributed by atoms with Crippen LogP contribution in [0.5, 0.6) is 5.75 Å². The van der Waals surface area contributed by atoms with Crippen LogP contribution in [0, 0.1) is 19.7 Å². The average molecular weight is 391 g/mol. The van der Waals surface area contributed by atoms with E-state index in [4.69, 9.17) is 9.26 Å². The van der Waals surface area contributed by atoms with E-state index >= 15 is 0 Å². The van der Waals surface area contributed by atoms with Crippen LogP contribution in [0.2, 0.25) is 0 Å². The van der Waals surface area contributed by atoms with Crippen LogP contribution in [-0.4, -0.2) is 25.7 Å². The topological polar surface area (TPSA) is 94.3 Å². The summed E-state index contributed by atoms with van der Waals surface area (Å²) in [6.45, 7) is 3.26. The van der Waals surface area contributed by atoms with Crippen molar-refractivity contribution in [2.24, 2.45) is 0 Å². The molecule has 0 spiro atoms. The molecule has 1 aromatic heterocycles. The number of nitrogens with one attached hydrogen (secondary N) is 1. The lowest BCUT2D eigenvalue weighted by atomic mass is 10.1. The number of nitrogens with zero attached hydrogens (tertiary/aromatic N) is 2. The minimum absolute atomic E-state index is 0.0908. The molecule has 0 bridgehead atoms. The van der Waals surface area contributed by atoms with E-state index in [-0.39, 0.29) is 11.7 Å². The Morgan fingerprint density at radius 1 is 1.19 bits per heavy atom. The first-order chi connectivity index (χ1) is 12.8. The summed E-state index contributed by atoms with van der Waals surface area (Å²) in [4.78, 5) is 3.66. The average Bonchev–Trinajstić information content (AvgIpc) is 3.05. The maximum absolute atomic E-state index is 14.3. The lowest BCUT2D eigenvalue weighted by molar-refractivity contribution is 0.381. The molecule has 0 saturated heterocycles.